The highest BCUT2D eigenvalue weighted by Crippen LogP contribution is 2.29. The van der Waals surface area contributed by atoms with Crippen LogP contribution in [0.5, 0.6) is 5.75 Å². The average molecular weight is 278 g/mol. The molecule has 0 fully saturated rings. The minimum atomic E-state index is -0.453. The van der Waals surface area contributed by atoms with Gasteiger partial charge in [-0.2, -0.15) is 0 Å². The third kappa shape index (κ3) is 3.21. The van der Waals surface area contributed by atoms with Crippen LogP contribution in [-0.2, 0) is 9.47 Å². The van der Waals surface area contributed by atoms with Gasteiger partial charge >= 0.3 is 0 Å². The van der Waals surface area contributed by atoms with Crippen LogP contribution in [0.15, 0.2) is 41.3 Å². The Balaban J connectivity index is 2.23. The molecule has 2 rings (SSSR count). The first kappa shape index (κ1) is 14.2. The number of methoxy groups -OCH3 is 1. The fourth-order valence-electron chi connectivity index (χ4n) is 1.79. The lowest BCUT2D eigenvalue weighted by Gasteiger charge is -2.14. The Bertz CT molecular complexity index is 555. The van der Waals surface area contributed by atoms with Gasteiger partial charge < -0.3 is 14.2 Å². The third-order valence-electron chi connectivity index (χ3n) is 2.72. The van der Waals surface area contributed by atoms with Gasteiger partial charge in [0.15, 0.2) is 0 Å². The lowest BCUT2D eigenvalue weighted by molar-refractivity contribution is 0.146. The van der Waals surface area contributed by atoms with Gasteiger partial charge in [0, 0.05) is 24.3 Å². The predicted molar refractivity (Wildman–Crippen MR) is 70.9 cm³/mol. The molecule has 0 atom stereocenters. The van der Waals surface area contributed by atoms with Crippen molar-refractivity contribution >= 4 is 5.57 Å². The molecule has 106 valence electrons. The summed E-state index contributed by atoms with van der Waals surface area (Å²) in [5, 5.41) is 3.27. The van der Waals surface area contributed by atoms with Crippen LogP contribution in [0, 0.1) is 11.3 Å². The molecule has 20 heavy (non-hydrogen) atoms. The Hall–Kier alpha value is -2.21. The summed E-state index contributed by atoms with van der Waals surface area (Å²) in [6.07, 6.45) is 3.44. The molecule has 0 saturated carbocycles. The van der Waals surface area contributed by atoms with E-state index in [4.69, 9.17) is 19.7 Å². The first-order chi connectivity index (χ1) is 9.76. The van der Waals surface area contributed by atoms with E-state index in [0.717, 1.165) is 0 Å². The van der Waals surface area contributed by atoms with E-state index in [0.29, 0.717) is 36.7 Å². The number of nitrogens with zero attached hydrogens (tertiary/aromatic N) is 1. The molecular formula is C14H15FN2O3. The van der Waals surface area contributed by atoms with Crippen molar-refractivity contribution in [1.82, 2.24) is 0 Å². The maximum atomic E-state index is 14.1. The van der Waals surface area contributed by atoms with Crippen molar-refractivity contribution in [2.75, 3.05) is 26.9 Å². The highest BCUT2D eigenvalue weighted by Gasteiger charge is 2.15. The van der Waals surface area contributed by atoms with E-state index in [-0.39, 0.29) is 5.88 Å². The van der Waals surface area contributed by atoms with Crippen LogP contribution in [-0.4, -0.2) is 26.9 Å². The molecule has 1 heterocycles. The van der Waals surface area contributed by atoms with Crippen LogP contribution in [0.2, 0.25) is 0 Å². The highest BCUT2D eigenvalue weighted by atomic mass is 19.1. The summed E-state index contributed by atoms with van der Waals surface area (Å²) in [7, 11) is 1.57. The second kappa shape index (κ2) is 6.81. The summed E-state index contributed by atoms with van der Waals surface area (Å²) in [6.45, 7) is 1.13. The molecule has 0 bridgehead atoms. The average Bonchev–Trinajstić information content (AvgIpc) is 2.48. The van der Waals surface area contributed by atoms with Crippen molar-refractivity contribution in [2.45, 2.75) is 0 Å². The second-order valence-electron chi connectivity index (χ2n) is 4.03. The zero-order valence-electron chi connectivity index (χ0n) is 11.1. The van der Waals surface area contributed by atoms with Gasteiger partial charge in [-0.15, -0.1) is 5.11 Å². The lowest BCUT2D eigenvalue weighted by atomic mass is 10.0. The Kier molecular flexibility index (Phi) is 4.84. The zero-order chi connectivity index (χ0) is 14.4. The highest BCUT2D eigenvalue weighted by molar-refractivity contribution is 5.76. The topological polar surface area (TPSA) is 63.9 Å². The fraction of sp³-hybridized carbons (Fsp3) is 0.286. The quantitative estimate of drug-likeness (QED) is 0.642. The molecular weight excluding hydrogens is 263 g/mol. The molecule has 1 aromatic carbocycles. The smallest absolute Gasteiger partial charge is 0.241 e. The van der Waals surface area contributed by atoms with Gasteiger partial charge in [-0.1, -0.05) is 0 Å². The van der Waals surface area contributed by atoms with Gasteiger partial charge in [-0.3, -0.25) is 0 Å². The summed E-state index contributed by atoms with van der Waals surface area (Å²) in [6, 6.07) is 4.53. The lowest BCUT2D eigenvalue weighted by Crippen LogP contribution is -2.05. The molecule has 6 heteroatoms. The minimum absolute atomic E-state index is 0.111. The molecule has 0 aliphatic carbocycles. The summed E-state index contributed by atoms with van der Waals surface area (Å²) in [5.41, 5.74) is 7.83. The predicted octanol–water partition coefficient (Wildman–Crippen LogP) is 3.14. The van der Waals surface area contributed by atoms with Gasteiger partial charge in [0.2, 0.25) is 5.88 Å². The molecule has 0 amide bonds. The van der Waals surface area contributed by atoms with E-state index in [1.165, 1.54) is 6.07 Å². The van der Waals surface area contributed by atoms with Crippen molar-refractivity contribution < 1.29 is 18.6 Å². The maximum absolute atomic E-state index is 14.1. The molecule has 0 spiro atoms. The molecule has 1 aliphatic heterocycles. The summed E-state index contributed by atoms with van der Waals surface area (Å²) in [5.74, 6) is 0.0830. The standard InChI is InChI=1S/C14H15FN2O3/c1-18-7-8-19-10-4-5-11(13(15)9-10)12-3-2-6-20-14(12)17-16/h2-5,9,16H,6-8H2,1H3. The van der Waals surface area contributed by atoms with E-state index in [2.05, 4.69) is 5.11 Å². The van der Waals surface area contributed by atoms with Crippen LogP contribution >= 0.6 is 0 Å². The van der Waals surface area contributed by atoms with Gasteiger partial charge in [-0.25, -0.2) is 9.92 Å². The molecule has 1 N–H and O–H groups in total. The molecule has 0 unspecified atom stereocenters. The first-order valence-corrected chi connectivity index (χ1v) is 6.09. The monoisotopic (exact) mass is 278 g/mol. The normalized spacial score (nSPS) is 14.1. The number of hydrogen-bond acceptors (Lipinski definition) is 5. The Labute approximate surface area is 116 Å². The first-order valence-electron chi connectivity index (χ1n) is 6.09. The number of ether oxygens (including phenoxy) is 3. The molecule has 5 nitrogen and oxygen atoms in total. The summed E-state index contributed by atoms with van der Waals surface area (Å²) in [4.78, 5) is 0. The molecule has 1 aliphatic rings. The molecule has 0 aromatic heterocycles. The summed E-state index contributed by atoms with van der Waals surface area (Å²) < 4.78 is 29.5. The van der Waals surface area contributed by atoms with Gasteiger partial charge in [0.1, 0.15) is 24.8 Å². The number of benzene rings is 1. The van der Waals surface area contributed by atoms with Crippen LogP contribution in [0.1, 0.15) is 5.56 Å². The molecule has 0 saturated heterocycles. The van der Waals surface area contributed by atoms with Crippen LogP contribution in [0.25, 0.3) is 5.57 Å². The second-order valence-corrected chi connectivity index (χ2v) is 4.03. The van der Waals surface area contributed by atoms with Gasteiger partial charge in [0.25, 0.3) is 0 Å². The number of allylic oxidation sites excluding steroid dienone is 2. The Morgan fingerprint density at radius 1 is 1.40 bits per heavy atom. The number of rotatable bonds is 6. The molecule has 0 radical (unpaired) electrons. The van der Waals surface area contributed by atoms with Crippen molar-refractivity contribution in [3.8, 4) is 5.75 Å². The molecule has 1 aromatic rings. The van der Waals surface area contributed by atoms with Gasteiger partial charge in [0.05, 0.1) is 6.61 Å². The number of nitrogens with one attached hydrogen (secondary N) is 1. The fourth-order valence-corrected chi connectivity index (χ4v) is 1.79. The van der Waals surface area contributed by atoms with E-state index < -0.39 is 5.82 Å². The zero-order valence-corrected chi connectivity index (χ0v) is 11.1. The maximum Gasteiger partial charge on any atom is 0.241 e. The minimum Gasteiger partial charge on any atom is -0.491 e. The van der Waals surface area contributed by atoms with Crippen molar-refractivity contribution in [3.05, 3.63) is 47.6 Å². The van der Waals surface area contributed by atoms with Crippen LogP contribution in [0.3, 0.4) is 0 Å². The van der Waals surface area contributed by atoms with Crippen LogP contribution in [0.4, 0.5) is 4.39 Å². The van der Waals surface area contributed by atoms with Gasteiger partial charge in [-0.05, 0) is 24.3 Å². The van der Waals surface area contributed by atoms with E-state index in [9.17, 15) is 4.39 Å². The SMILES string of the molecule is COCCOc1ccc(C2=C(N=N)OCC=C2)c(F)c1. The van der Waals surface area contributed by atoms with Crippen LogP contribution < -0.4 is 4.74 Å². The van der Waals surface area contributed by atoms with E-state index in [1.54, 1.807) is 31.4 Å². The van der Waals surface area contributed by atoms with E-state index >= 15 is 0 Å². The van der Waals surface area contributed by atoms with Crippen molar-refractivity contribution in [3.63, 3.8) is 0 Å². The number of hydrogen-bond donors (Lipinski definition) is 1. The Morgan fingerprint density at radius 3 is 2.95 bits per heavy atom. The largest absolute Gasteiger partial charge is 0.491 e. The summed E-state index contributed by atoms with van der Waals surface area (Å²) >= 11 is 0. The number of halogens is 1. The van der Waals surface area contributed by atoms with Crippen molar-refractivity contribution in [1.29, 1.82) is 5.53 Å². The third-order valence-corrected chi connectivity index (χ3v) is 2.72. The van der Waals surface area contributed by atoms with E-state index in [1.807, 2.05) is 0 Å². The Morgan fingerprint density at radius 2 is 2.25 bits per heavy atom. The van der Waals surface area contributed by atoms with Crippen molar-refractivity contribution in [2.24, 2.45) is 5.11 Å².